The number of pyridine rings is 1. The minimum Gasteiger partial charge on any atom is -0.496 e. The van der Waals surface area contributed by atoms with Gasteiger partial charge in [-0.2, -0.15) is 0 Å². The number of ether oxygens (including phenoxy) is 1. The van der Waals surface area contributed by atoms with Crippen LogP contribution in [-0.4, -0.2) is 23.7 Å². The van der Waals surface area contributed by atoms with Crippen molar-refractivity contribution in [2.45, 2.75) is 45.4 Å². The fraction of sp³-hybridized carbons (Fsp3) is 0.471. The van der Waals surface area contributed by atoms with E-state index in [1.807, 2.05) is 0 Å². The molecule has 2 rings (SSSR count). The molecule has 0 unspecified atom stereocenters. The zero-order chi connectivity index (χ0) is 15.2. The number of nitrogens with zero attached hydrogens (tertiary/aromatic N) is 1. The highest BCUT2D eigenvalue weighted by Gasteiger charge is 2.33. The molecule has 0 amide bonds. The third-order valence-electron chi connectivity index (χ3n) is 3.80. The molecule has 0 spiro atoms. The van der Waals surface area contributed by atoms with Crippen molar-refractivity contribution in [3.63, 3.8) is 0 Å². The molecule has 0 bridgehead atoms. The van der Waals surface area contributed by atoms with Crippen LogP contribution in [0.5, 0.6) is 0 Å². The number of hydrogen-bond acceptors (Lipinski definition) is 4. The molecule has 1 heterocycles. The van der Waals surface area contributed by atoms with Gasteiger partial charge in [0.05, 0.1) is 7.11 Å². The van der Waals surface area contributed by atoms with Gasteiger partial charge in [0.2, 0.25) is 11.6 Å². The van der Waals surface area contributed by atoms with Crippen LogP contribution >= 0.6 is 0 Å². The Labute approximate surface area is 125 Å². The van der Waals surface area contributed by atoms with Crippen LogP contribution in [0.1, 0.15) is 61.4 Å². The van der Waals surface area contributed by atoms with Crippen LogP contribution in [-0.2, 0) is 9.53 Å². The van der Waals surface area contributed by atoms with Crippen LogP contribution in [0.15, 0.2) is 24.0 Å². The molecule has 1 aliphatic carbocycles. The molecule has 1 aromatic rings. The zero-order valence-electron chi connectivity index (χ0n) is 12.6. The Kier molecular flexibility index (Phi) is 5.26. The number of allylic oxidation sites excluding steroid dienone is 1. The smallest absolute Gasteiger partial charge is 0.234 e. The summed E-state index contributed by atoms with van der Waals surface area (Å²) >= 11 is 0. The van der Waals surface area contributed by atoms with Crippen LogP contribution in [0.3, 0.4) is 0 Å². The van der Waals surface area contributed by atoms with Gasteiger partial charge in [-0.3, -0.25) is 14.6 Å². The van der Waals surface area contributed by atoms with E-state index in [0.29, 0.717) is 28.9 Å². The van der Waals surface area contributed by atoms with Crippen molar-refractivity contribution in [1.82, 2.24) is 4.98 Å². The number of ketones is 2. The van der Waals surface area contributed by atoms with Crippen LogP contribution in [0.25, 0.3) is 5.76 Å². The van der Waals surface area contributed by atoms with Crippen molar-refractivity contribution >= 4 is 17.3 Å². The molecule has 21 heavy (non-hydrogen) atoms. The van der Waals surface area contributed by atoms with Gasteiger partial charge < -0.3 is 4.74 Å². The van der Waals surface area contributed by atoms with Crippen LogP contribution in [0.4, 0.5) is 0 Å². The van der Waals surface area contributed by atoms with Crippen molar-refractivity contribution in [1.29, 1.82) is 0 Å². The summed E-state index contributed by atoms with van der Waals surface area (Å²) in [5.41, 5.74) is 1.52. The summed E-state index contributed by atoms with van der Waals surface area (Å²) in [6, 6.07) is 1.58. The van der Waals surface area contributed by atoms with Gasteiger partial charge in [-0.05, 0) is 18.9 Å². The molecule has 4 nitrogen and oxygen atoms in total. The number of methoxy groups -OCH3 is 1. The Hall–Kier alpha value is -1.97. The Bertz CT molecular complexity index is 575. The highest BCUT2D eigenvalue weighted by atomic mass is 16.5. The molecule has 0 saturated heterocycles. The number of aromatic nitrogens is 1. The lowest BCUT2D eigenvalue weighted by Crippen LogP contribution is -2.24. The van der Waals surface area contributed by atoms with E-state index in [2.05, 4.69) is 11.9 Å². The molecular formula is C17H21NO3. The number of fused-ring (bicyclic) bond motifs is 1. The molecule has 1 aromatic heterocycles. The van der Waals surface area contributed by atoms with E-state index in [0.717, 1.165) is 19.3 Å². The number of Topliss-reactive ketones (excluding diaryl/α,β-unsaturated/α-hetero) is 2. The van der Waals surface area contributed by atoms with Gasteiger partial charge in [0, 0.05) is 29.1 Å². The molecule has 4 heteroatoms. The first kappa shape index (κ1) is 15.4. The lowest BCUT2D eigenvalue weighted by atomic mass is 9.87. The SMILES string of the molecule is CCCCCCCC1=C(OC)c2cnccc2C(=O)C1=O. The Morgan fingerprint density at radius 2 is 1.81 bits per heavy atom. The first-order chi connectivity index (χ1) is 10.2. The Morgan fingerprint density at radius 1 is 1.05 bits per heavy atom. The monoisotopic (exact) mass is 287 g/mol. The predicted octanol–water partition coefficient (Wildman–Crippen LogP) is 3.57. The van der Waals surface area contributed by atoms with Gasteiger partial charge in [-0.1, -0.05) is 32.6 Å². The molecule has 112 valence electrons. The van der Waals surface area contributed by atoms with E-state index in [1.54, 1.807) is 12.3 Å². The van der Waals surface area contributed by atoms with Crippen LogP contribution in [0.2, 0.25) is 0 Å². The lowest BCUT2D eigenvalue weighted by molar-refractivity contribution is -0.112. The Morgan fingerprint density at radius 3 is 2.52 bits per heavy atom. The first-order valence-corrected chi connectivity index (χ1v) is 7.51. The molecule has 0 saturated carbocycles. The third-order valence-corrected chi connectivity index (χ3v) is 3.80. The van der Waals surface area contributed by atoms with E-state index < -0.39 is 11.6 Å². The summed E-state index contributed by atoms with van der Waals surface area (Å²) in [6.45, 7) is 2.17. The highest BCUT2D eigenvalue weighted by Crippen LogP contribution is 2.31. The van der Waals surface area contributed by atoms with Crippen molar-refractivity contribution in [2.24, 2.45) is 0 Å². The second-order valence-electron chi connectivity index (χ2n) is 5.26. The van der Waals surface area contributed by atoms with Crippen LogP contribution in [0, 0.1) is 0 Å². The quantitative estimate of drug-likeness (QED) is 0.568. The summed E-state index contributed by atoms with van der Waals surface area (Å²) in [4.78, 5) is 28.5. The normalized spacial score (nSPS) is 14.4. The maximum Gasteiger partial charge on any atom is 0.234 e. The molecule has 0 atom stereocenters. The van der Waals surface area contributed by atoms with E-state index >= 15 is 0 Å². The van der Waals surface area contributed by atoms with Gasteiger partial charge in [0.1, 0.15) is 5.76 Å². The fourth-order valence-corrected chi connectivity index (χ4v) is 2.66. The largest absolute Gasteiger partial charge is 0.496 e. The van der Waals surface area contributed by atoms with Gasteiger partial charge >= 0.3 is 0 Å². The van der Waals surface area contributed by atoms with Crippen molar-refractivity contribution in [2.75, 3.05) is 7.11 Å². The second-order valence-corrected chi connectivity index (χ2v) is 5.26. The summed E-state index contributed by atoms with van der Waals surface area (Å²) in [7, 11) is 1.53. The maximum absolute atomic E-state index is 12.3. The Balaban J connectivity index is 2.22. The molecule has 0 aromatic carbocycles. The lowest BCUT2D eigenvalue weighted by Gasteiger charge is -2.20. The first-order valence-electron chi connectivity index (χ1n) is 7.51. The number of unbranched alkanes of at least 4 members (excludes halogenated alkanes) is 4. The van der Waals surface area contributed by atoms with Crippen molar-refractivity contribution in [3.05, 3.63) is 35.2 Å². The van der Waals surface area contributed by atoms with E-state index in [1.165, 1.54) is 26.1 Å². The zero-order valence-corrected chi connectivity index (χ0v) is 12.6. The summed E-state index contributed by atoms with van der Waals surface area (Å²) in [5, 5.41) is 0. The standard InChI is InChI=1S/C17H21NO3/c1-3-4-5-6-7-8-13-16(20)15(19)12-9-10-18-11-14(12)17(13)21-2/h9-11H,3-8H2,1-2H3. The molecular weight excluding hydrogens is 266 g/mol. The highest BCUT2D eigenvalue weighted by molar-refractivity contribution is 6.52. The van der Waals surface area contributed by atoms with E-state index in [4.69, 9.17) is 4.74 Å². The molecule has 0 radical (unpaired) electrons. The van der Waals surface area contributed by atoms with Gasteiger partial charge in [0.15, 0.2) is 0 Å². The molecule has 0 N–H and O–H groups in total. The predicted molar refractivity (Wildman–Crippen MR) is 80.9 cm³/mol. The average molecular weight is 287 g/mol. The van der Waals surface area contributed by atoms with E-state index in [9.17, 15) is 9.59 Å². The molecule has 0 fully saturated rings. The second kappa shape index (κ2) is 7.16. The fourth-order valence-electron chi connectivity index (χ4n) is 2.66. The van der Waals surface area contributed by atoms with Crippen molar-refractivity contribution < 1.29 is 14.3 Å². The van der Waals surface area contributed by atoms with Crippen LogP contribution < -0.4 is 0 Å². The third kappa shape index (κ3) is 3.20. The summed E-state index contributed by atoms with van der Waals surface area (Å²) in [6.07, 6.45) is 9.21. The summed E-state index contributed by atoms with van der Waals surface area (Å²) < 4.78 is 5.39. The average Bonchev–Trinajstić information content (AvgIpc) is 2.52. The molecule has 1 aliphatic rings. The van der Waals surface area contributed by atoms with Gasteiger partial charge in [0.25, 0.3) is 0 Å². The minimum atomic E-state index is -0.447. The topological polar surface area (TPSA) is 56.3 Å². The maximum atomic E-state index is 12.3. The number of carbonyl (C=O) groups is 2. The van der Waals surface area contributed by atoms with Crippen molar-refractivity contribution in [3.8, 4) is 0 Å². The van der Waals surface area contributed by atoms with Gasteiger partial charge in [-0.25, -0.2) is 0 Å². The molecule has 0 aliphatic heterocycles. The number of rotatable bonds is 7. The summed E-state index contributed by atoms with van der Waals surface area (Å²) in [5.74, 6) is -0.365. The van der Waals surface area contributed by atoms with Gasteiger partial charge in [-0.15, -0.1) is 0 Å². The number of hydrogen-bond donors (Lipinski definition) is 0. The van der Waals surface area contributed by atoms with E-state index in [-0.39, 0.29) is 0 Å². The number of carbonyl (C=O) groups excluding carboxylic acids is 2. The minimum absolute atomic E-state index is 0.390.